The van der Waals surface area contributed by atoms with Gasteiger partial charge < -0.3 is 15.4 Å². The van der Waals surface area contributed by atoms with E-state index in [-0.39, 0.29) is 0 Å². The number of esters is 1. The van der Waals surface area contributed by atoms with E-state index in [9.17, 15) is 4.79 Å². The summed E-state index contributed by atoms with van der Waals surface area (Å²) < 4.78 is 4.72. The number of anilines is 4. The van der Waals surface area contributed by atoms with Crippen LogP contribution < -0.4 is 10.6 Å². The minimum absolute atomic E-state index is 0.406. The predicted molar refractivity (Wildman–Crippen MR) is 103 cm³/mol. The van der Waals surface area contributed by atoms with Crippen LogP contribution in [0.2, 0.25) is 10.0 Å². The van der Waals surface area contributed by atoms with Gasteiger partial charge in [0, 0.05) is 16.8 Å². The van der Waals surface area contributed by atoms with E-state index in [1.165, 1.54) is 13.4 Å². The number of halogens is 2. The fraction of sp³-hybridized carbons (Fsp3) is 0.0556. The maximum atomic E-state index is 11.6. The van der Waals surface area contributed by atoms with E-state index in [4.69, 9.17) is 27.9 Å². The highest BCUT2D eigenvalue weighted by Gasteiger charge is 2.07. The molecule has 2 aromatic carbocycles. The fourth-order valence-electron chi connectivity index (χ4n) is 2.21. The topological polar surface area (TPSA) is 76.1 Å². The third kappa shape index (κ3) is 4.41. The molecule has 0 saturated carbocycles. The summed E-state index contributed by atoms with van der Waals surface area (Å²) in [6.07, 6.45) is 1.42. The van der Waals surface area contributed by atoms with Gasteiger partial charge in [-0.1, -0.05) is 29.3 Å². The van der Waals surface area contributed by atoms with E-state index >= 15 is 0 Å². The lowest BCUT2D eigenvalue weighted by Crippen LogP contribution is -2.02. The molecule has 3 aromatic rings. The first-order valence-electron chi connectivity index (χ1n) is 7.54. The second-order valence-corrected chi connectivity index (χ2v) is 6.08. The summed E-state index contributed by atoms with van der Waals surface area (Å²) in [5.74, 6) is 0.696. The van der Waals surface area contributed by atoms with Gasteiger partial charge in [0.25, 0.3) is 0 Å². The lowest BCUT2D eigenvalue weighted by molar-refractivity contribution is 0.0601. The molecule has 0 aliphatic rings. The largest absolute Gasteiger partial charge is 0.465 e. The predicted octanol–water partition coefficient (Wildman–Crippen LogP) is 5.06. The Balaban J connectivity index is 1.78. The van der Waals surface area contributed by atoms with Crippen molar-refractivity contribution in [2.24, 2.45) is 0 Å². The first-order chi connectivity index (χ1) is 12.5. The maximum absolute atomic E-state index is 11.6. The molecule has 2 N–H and O–H groups in total. The lowest BCUT2D eigenvalue weighted by atomic mass is 10.2. The van der Waals surface area contributed by atoms with Crippen LogP contribution in [0.25, 0.3) is 0 Å². The highest BCUT2D eigenvalue weighted by atomic mass is 35.5. The van der Waals surface area contributed by atoms with Crippen LogP contribution in [0, 0.1) is 0 Å². The van der Waals surface area contributed by atoms with E-state index in [1.54, 1.807) is 42.5 Å². The SMILES string of the molecule is COC(=O)c1cccc(Nc2cc(Nc3ccc(Cl)cc3Cl)ncn2)c1. The average molecular weight is 389 g/mol. The van der Waals surface area contributed by atoms with Crippen LogP contribution in [-0.2, 0) is 4.74 Å². The summed E-state index contributed by atoms with van der Waals surface area (Å²) in [7, 11) is 1.34. The summed E-state index contributed by atoms with van der Waals surface area (Å²) >= 11 is 12.1. The number of benzene rings is 2. The number of rotatable bonds is 5. The van der Waals surface area contributed by atoms with Crippen LogP contribution in [0.1, 0.15) is 10.4 Å². The Morgan fingerprint density at radius 2 is 1.77 bits per heavy atom. The molecule has 8 heteroatoms. The molecule has 1 aromatic heterocycles. The Labute approximate surface area is 160 Å². The van der Waals surface area contributed by atoms with Crippen LogP contribution in [0.5, 0.6) is 0 Å². The zero-order valence-corrected chi connectivity index (χ0v) is 15.2. The van der Waals surface area contributed by atoms with Crippen molar-refractivity contribution in [3.63, 3.8) is 0 Å². The Morgan fingerprint density at radius 1 is 1.00 bits per heavy atom. The number of hydrogen-bond donors (Lipinski definition) is 2. The number of aromatic nitrogens is 2. The van der Waals surface area contributed by atoms with E-state index in [1.807, 2.05) is 6.07 Å². The van der Waals surface area contributed by atoms with Gasteiger partial charge in [0.05, 0.1) is 23.4 Å². The van der Waals surface area contributed by atoms with Crippen molar-refractivity contribution in [2.45, 2.75) is 0 Å². The molecule has 0 spiro atoms. The number of hydrogen-bond acceptors (Lipinski definition) is 6. The van der Waals surface area contributed by atoms with Crippen LogP contribution in [0.15, 0.2) is 54.9 Å². The highest BCUT2D eigenvalue weighted by molar-refractivity contribution is 6.36. The van der Waals surface area contributed by atoms with E-state index in [0.717, 1.165) is 0 Å². The Kier molecular flexibility index (Phi) is 5.55. The van der Waals surface area contributed by atoms with Gasteiger partial charge in [-0.3, -0.25) is 0 Å². The minimum Gasteiger partial charge on any atom is -0.465 e. The van der Waals surface area contributed by atoms with Gasteiger partial charge in [-0.2, -0.15) is 0 Å². The average Bonchev–Trinajstić information content (AvgIpc) is 2.64. The van der Waals surface area contributed by atoms with Crippen molar-refractivity contribution in [3.8, 4) is 0 Å². The summed E-state index contributed by atoms with van der Waals surface area (Å²) in [6.45, 7) is 0. The van der Waals surface area contributed by atoms with Crippen LogP contribution in [-0.4, -0.2) is 23.0 Å². The molecule has 0 unspecified atom stereocenters. The van der Waals surface area contributed by atoms with Crippen molar-refractivity contribution < 1.29 is 9.53 Å². The second kappa shape index (κ2) is 8.03. The van der Waals surface area contributed by atoms with Gasteiger partial charge in [0.1, 0.15) is 18.0 Å². The third-order valence-corrected chi connectivity index (χ3v) is 3.96. The van der Waals surface area contributed by atoms with Gasteiger partial charge in [-0.15, -0.1) is 0 Å². The van der Waals surface area contributed by atoms with Gasteiger partial charge in [-0.25, -0.2) is 14.8 Å². The zero-order valence-electron chi connectivity index (χ0n) is 13.7. The van der Waals surface area contributed by atoms with Gasteiger partial charge in [0.15, 0.2) is 0 Å². The summed E-state index contributed by atoms with van der Waals surface area (Å²) in [6, 6.07) is 13.8. The first-order valence-corrected chi connectivity index (χ1v) is 8.30. The Morgan fingerprint density at radius 3 is 2.50 bits per heavy atom. The van der Waals surface area contributed by atoms with E-state index < -0.39 is 5.97 Å². The molecule has 0 amide bonds. The van der Waals surface area contributed by atoms with E-state index in [2.05, 4.69) is 20.6 Å². The van der Waals surface area contributed by atoms with Crippen molar-refractivity contribution in [3.05, 3.63) is 70.5 Å². The molecule has 3 rings (SSSR count). The van der Waals surface area contributed by atoms with Crippen molar-refractivity contribution in [1.82, 2.24) is 9.97 Å². The van der Waals surface area contributed by atoms with Gasteiger partial charge >= 0.3 is 5.97 Å². The molecule has 0 aliphatic carbocycles. The smallest absolute Gasteiger partial charge is 0.337 e. The third-order valence-electron chi connectivity index (χ3n) is 3.42. The van der Waals surface area contributed by atoms with Crippen molar-refractivity contribution >= 4 is 52.2 Å². The normalized spacial score (nSPS) is 10.3. The van der Waals surface area contributed by atoms with Crippen LogP contribution in [0.4, 0.5) is 23.0 Å². The molecule has 6 nitrogen and oxygen atoms in total. The second-order valence-electron chi connectivity index (χ2n) is 5.24. The molecule has 0 bridgehead atoms. The van der Waals surface area contributed by atoms with Crippen LogP contribution >= 0.6 is 23.2 Å². The molecule has 0 radical (unpaired) electrons. The van der Waals surface area contributed by atoms with Gasteiger partial charge in [0.2, 0.25) is 0 Å². The molecule has 132 valence electrons. The summed E-state index contributed by atoms with van der Waals surface area (Å²) in [5.41, 5.74) is 1.81. The molecule has 0 aliphatic heterocycles. The summed E-state index contributed by atoms with van der Waals surface area (Å²) in [5, 5.41) is 7.26. The minimum atomic E-state index is -0.406. The maximum Gasteiger partial charge on any atom is 0.337 e. The highest BCUT2D eigenvalue weighted by Crippen LogP contribution is 2.28. The van der Waals surface area contributed by atoms with Crippen LogP contribution in [0.3, 0.4) is 0 Å². The van der Waals surface area contributed by atoms with Crippen molar-refractivity contribution in [2.75, 3.05) is 17.7 Å². The molecule has 0 fully saturated rings. The number of nitrogens with one attached hydrogen (secondary N) is 2. The molecule has 1 heterocycles. The first kappa shape index (κ1) is 18.0. The number of nitrogens with zero attached hydrogens (tertiary/aromatic N) is 2. The van der Waals surface area contributed by atoms with Gasteiger partial charge in [-0.05, 0) is 36.4 Å². The zero-order chi connectivity index (χ0) is 18.5. The summed E-state index contributed by atoms with van der Waals surface area (Å²) in [4.78, 5) is 20.0. The fourth-order valence-corrected chi connectivity index (χ4v) is 2.67. The Hall–Kier alpha value is -2.83. The van der Waals surface area contributed by atoms with Crippen molar-refractivity contribution in [1.29, 1.82) is 0 Å². The number of methoxy groups -OCH3 is 1. The quantitative estimate of drug-likeness (QED) is 0.595. The molecule has 0 atom stereocenters. The molecule has 0 saturated heterocycles. The Bertz CT molecular complexity index is 950. The molecular weight excluding hydrogens is 375 g/mol. The molecular formula is C18H14Cl2N4O2. The number of ether oxygens (including phenoxy) is 1. The monoisotopic (exact) mass is 388 g/mol. The number of carbonyl (C=O) groups excluding carboxylic acids is 1. The van der Waals surface area contributed by atoms with E-state index in [0.29, 0.717) is 38.6 Å². The lowest BCUT2D eigenvalue weighted by Gasteiger charge is -2.10. The number of carbonyl (C=O) groups is 1. The standard InChI is InChI=1S/C18H14Cl2N4O2/c1-26-18(25)11-3-2-4-13(7-11)23-16-9-17(22-10-21-16)24-15-6-5-12(19)8-14(15)20/h2-10H,1H3,(H2,21,22,23,24). The molecule has 26 heavy (non-hydrogen) atoms.